The quantitative estimate of drug-likeness (QED) is 0.705. The maximum absolute atomic E-state index is 2.19. The van der Waals surface area contributed by atoms with Crippen LogP contribution in [0.3, 0.4) is 0 Å². The van der Waals surface area contributed by atoms with Gasteiger partial charge in [0.2, 0.25) is 0 Å². The van der Waals surface area contributed by atoms with Crippen molar-refractivity contribution in [1.29, 1.82) is 0 Å². The number of hydrogen-bond acceptors (Lipinski definition) is 2. The number of rotatable bonds is 3. The van der Waals surface area contributed by atoms with E-state index in [0.717, 1.165) is 5.75 Å². The number of thioether (sulfide) groups is 1. The van der Waals surface area contributed by atoms with Crippen molar-refractivity contribution >= 4 is 17.4 Å². The van der Waals surface area contributed by atoms with Crippen molar-refractivity contribution in [2.45, 2.75) is 5.75 Å². The molecule has 1 rings (SSSR count). The largest absolute Gasteiger partial charge is 0.378 e. The topological polar surface area (TPSA) is 3.24 Å². The molecule has 66 valence electrons. The molecule has 0 N–H and O–H groups in total. The van der Waals surface area contributed by atoms with Crippen molar-refractivity contribution < 1.29 is 0 Å². The van der Waals surface area contributed by atoms with Gasteiger partial charge in [-0.3, -0.25) is 0 Å². The Labute approximate surface area is 78.8 Å². The maximum Gasteiger partial charge on any atom is 0.0361 e. The summed E-state index contributed by atoms with van der Waals surface area (Å²) in [6.07, 6.45) is 2.12. The predicted octanol–water partition coefficient (Wildman–Crippen LogP) is 2.62. The van der Waals surface area contributed by atoms with E-state index in [1.165, 1.54) is 11.3 Å². The highest BCUT2D eigenvalue weighted by Gasteiger charge is 1.94. The summed E-state index contributed by atoms with van der Waals surface area (Å²) in [7, 11) is 4.12. The minimum absolute atomic E-state index is 1.10. The highest BCUT2D eigenvalue weighted by molar-refractivity contribution is 7.97. The number of hydrogen-bond donors (Lipinski definition) is 0. The first-order valence-electron chi connectivity index (χ1n) is 3.99. The molecule has 0 aliphatic heterocycles. The third kappa shape index (κ3) is 2.45. The number of anilines is 1. The molecule has 0 unspecified atom stereocenters. The van der Waals surface area contributed by atoms with E-state index >= 15 is 0 Å². The Balaban J connectivity index is 2.71. The summed E-state index contributed by atoms with van der Waals surface area (Å²) < 4.78 is 0. The summed E-state index contributed by atoms with van der Waals surface area (Å²) >= 11 is 1.86. The molecule has 0 bridgehead atoms. The van der Waals surface area contributed by atoms with E-state index in [9.17, 15) is 0 Å². The second-order valence-electron chi connectivity index (χ2n) is 2.99. The first-order chi connectivity index (χ1) is 5.74. The molecule has 0 atom stereocenters. The lowest BCUT2D eigenvalue weighted by Gasteiger charge is -2.12. The van der Waals surface area contributed by atoms with Gasteiger partial charge in [-0.15, -0.1) is 0 Å². The van der Waals surface area contributed by atoms with E-state index in [0.29, 0.717) is 0 Å². The van der Waals surface area contributed by atoms with Crippen molar-refractivity contribution in [3.63, 3.8) is 0 Å². The third-order valence-corrected chi connectivity index (χ3v) is 2.39. The van der Waals surface area contributed by atoms with Crippen molar-refractivity contribution in [1.82, 2.24) is 0 Å². The van der Waals surface area contributed by atoms with Gasteiger partial charge in [0, 0.05) is 25.5 Å². The minimum Gasteiger partial charge on any atom is -0.378 e. The Bertz CT molecular complexity index is 228. The predicted molar refractivity (Wildman–Crippen MR) is 58.0 cm³/mol. The monoisotopic (exact) mass is 181 g/mol. The Morgan fingerprint density at radius 2 is 1.75 bits per heavy atom. The van der Waals surface area contributed by atoms with Crippen LogP contribution < -0.4 is 4.90 Å². The number of benzene rings is 1. The molecule has 1 nitrogen and oxygen atoms in total. The van der Waals surface area contributed by atoms with Gasteiger partial charge >= 0.3 is 0 Å². The lowest BCUT2D eigenvalue weighted by molar-refractivity contribution is 1.13. The van der Waals surface area contributed by atoms with Crippen LogP contribution in [0.25, 0.3) is 0 Å². The zero-order valence-corrected chi connectivity index (χ0v) is 8.69. The van der Waals surface area contributed by atoms with Crippen LogP contribution in [0, 0.1) is 0 Å². The van der Waals surface area contributed by atoms with Gasteiger partial charge in [0.15, 0.2) is 0 Å². The first kappa shape index (κ1) is 9.46. The van der Waals surface area contributed by atoms with Gasteiger partial charge in [0.1, 0.15) is 0 Å². The van der Waals surface area contributed by atoms with Crippen molar-refractivity contribution in [2.24, 2.45) is 0 Å². The summed E-state index contributed by atoms with van der Waals surface area (Å²) in [5.74, 6) is 1.10. The second kappa shape index (κ2) is 4.41. The molecule has 0 aromatic heterocycles. The van der Waals surface area contributed by atoms with Gasteiger partial charge in [-0.2, -0.15) is 11.8 Å². The zero-order chi connectivity index (χ0) is 8.97. The van der Waals surface area contributed by atoms with E-state index in [1.54, 1.807) is 0 Å². The van der Waals surface area contributed by atoms with Crippen LogP contribution in [-0.2, 0) is 5.75 Å². The molecular formula is C10H15NS. The molecule has 0 fully saturated rings. The van der Waals surface area contributed by atoms with E-state index in [2.05, 4.69) is 49.5 Å². The van der Waals surface area contributed by atoms with Gasteiger partial charge in [0.05, 0.1) is 0 Å². The second-order valence-corrected chi connectivity index (χ2v) is 3.86. The van der Waals surface area contributed by atoms with Crippen LogP contribution in [0.5, 0.6) is 0 Å². The fraction of sp³-hybridized carbons (Fsp3) is 0.400. The van der Waals surface area contributed by atoms with Crippen molar-refractivity contribution in [2.75, 3.05) is 25.3 Å². The zero-order valence-electron chi connectivity index (χ0n) is 7.87. The first-order valence-corrected chi connectivity index (χ1v) is 5.38. The van der Waals surface area contributed by atoms with E-state index < -0.39 is 0 Å². The van der Waals surface area contributed by atoms with Crippen LogP contribution in [0.4, 0.5) is 5.69 Å². The standard InChI is InChI=1S/C10H15NS/c1-11(2)10-6-4-9(5-7-10)8-12-3/h4-7H,8H2,1-3H3. The van der Waals surface area contributed by atoms with Crippen LogP contribution >= 0.6 is 11.8 Å². The maximum atomic E-state index is 2.19. The SMILES string of the molecule is CSCc1ccc(N(C)C)cc1. The molecule has 0 saturated heterocycles. The lowest BCUT2D eigenvalue weighted by atomic mass is 10.2. The summed E-state index contributed by atoms with van der Waals surface area (Å²) in [5.41, 5.74) is 2.66. The average Bonchev–Trinajstić information content (AvgIpc) is 2.06. The van der Waals surface area contributed by atoms with E-state index in [1.807, 2.05) is 11.8 Å². The number of nitrogens with zero attached hydrogens (tertiary/aromatic N) is 1. The molecule has 2 heteroatoms. The highest BCUT2D eigenvalue weighted by Crippen LogP contribution is 2.15. The molecule has 0 radical (unpaired) electrons. The minimum atomic E-state index is 1.10. The Morgan fingerprint density at radius 3 is 2.17 bits per heavy atom. The van der Waals surface area contributed by atoms with Gasteiger partial charge < -0.3 is 4.90 Å². The fourth-order valence-electron chi connectivity index (χ4n) is 1.06. The summed E-state index contributed by atoms with van der Waals surface area (Å²) in [6.45, 7) is 0. The van der Waals surface area contributed by atoms with Crippen LogP contribution in [0.2, 0.25) is 0 Å². The molecule has 0 saturated carbocycles. The van der Waals surface area contributed by atoms with E-state index in [-0.39, 0.29) is 0 Å². The molecule has 0 aliphatic carbocycles. The van der Waals surface area contributed by atoms with Crippen molar-refractivity contribution in [3.8, 4) is 0 Å². The Kier molecular flexibility index (Phi) is 3.48. The lowest BCUT2D eigenvalue weighted by Crippen LogP contribution is -2.08. The molecule has 1 aromatic rings. The third-order valence-electron chi connectivity index (χ3n) is 1.76. The molecule has 0 amide bonds. The molecule has 0 spiro atoms. The Morgan fingerprint density at radius 1 is 1.17 bits per heavy atom. The molecule has 1 aromatic carbocycles. The molecule has 0 heterocycles. The molecule has 12 heavy (non-hydrogen) atoms. The van der Waals surface area contributed by atoms with Crippen LogP contribution in [-0.4, -0.2) is 20.4 Å². The summed E-state index contributed by atoms with van der Waals surface area (Å²) in [6, 6.07) is 8.69. The van der Waals surface area contributed by atoms with Crippen molar-refractivity contribution in [3.05, 3.63) is 29.8 Å². The summed E-state index contributed by atoms with van der Waals surface area (Å²) in [5, 5.41) is 0. The van der Waals surface area contributed by atoms with Gasteiger partial charge in [-0.05, 0) is 24.0 Å². The van der Waals surface area contributed by atoms with Gasteiger partial charge in [0.25, 0.3) is 0 Å². The Hall–Kier alpha value is -0.630. The van der Waals surface area contributed by atoms with Crippen LogP contribution in [0.15, 0.2) is 24.3 Å². The average molecular weight is 181 g/mol. The van der Waals surface area contributed by atoms with Crippen LogP contribution in [0.1, 0.15) is 5.56 Å². The normalized spacial score (nSPS) is 9.92. The van der Waals surface area contributed by atoms with E-state index in [4.69, 9.17) is 0 Å². The molecule has 0 aliphatic rings. The summed E-state index contributed by atoms with van der Waals surface area (Å²) in [4.78, 5) is 2.11. The highest BCUT2D eigenvalue weighted by atomic mass is 32.2. The van der Waals surface area contributed by atoms with Gasteiger partial charge in [-0.1, -0.05) is 12.1 Å². The molecular weight excluding hydrogens is 166 g/mol. The van der Waals surface area contributed by atoms with Gasteiger partial charge in [-0.25, -0.2) is 0 Å². The smallest absolute Gasteiger partial charge is 0.0361 e. The fourth-order valence-corrected chi connectivity index (χ4v) is 1.58.